The third-order valence-corrected chi connectivity index (χ3v) is 2.71. The SMILES string of the molecule is CN(C)c1ccc(CNCCCCN=[N+]=[N-])cc1. The summed E-state index contributed by atoms with van der Waals surface area (Å²) in [4.78, 5) is 4.81. The van der Waals surface area contributed by atoms with Gasteiger partial charge in [-0.2, -0.15) is 0 Å². The van der Waals surface area contributed by atoms with E-state index in [0.717, 1.165) is 25.9 Å². The summed E-state index contributed by atoms with van der Waals surface area (Å²) >= 11 is 0. The first-order valence-corrected chi connectivity index (χ1v) is 6.22. The van der Waals surface area contributed by atoms with Gasteiger partial charge in [0, 0.05) is 37.8 Å². The number of hydrogen-bond donors (Lipinski definition) is 1. The molecule has 0 radical (unpaired) electrons. The second-order valence-corrected chi connectivity index (χ2v) is 4.40. The van der Waals surface area contributed by atoms with E-state index in [-0.39, 0.29) is 0 Å². The molecular formula is C13H21N5. The molecule has 0 bridgehead atoms. The van der Waals surface area contributed by atoms with Crippen LogP contribution in [0.2, 0.25) is 0 Å². The minimum Gasteiger partial charge on any atom is -0.378 e. The highest BCUT2D eigenvalue weighted by Crippen LogP contribution is 2.11. The van der Waals surface area contributed by atoms with E-state index in [1.807, 2.05) is 14.1 Å². The monoisotopic (exact) mass is 247 g/mol. The van der Waals surface area contributed by atoms with Crippen molar-refractivity contribution in [3.63, 3.8) is 0 Å². The summed E-state index contributed by atoms with van der Waals surface area (Å²) in [5.74, 6) is 0. The molecular weight excluding hydrogens is 226 g/mol. The number of nitrogens with one attached hydrogen (secondary N) is 1. The average Bonchev–Trinajstić information content (AvgIpc) is 2.38. The number of nitrogens with zero attached hydrogens (tertiary/aromatic N) is 4. The van der Waals surface area contributed by atoms with Crippen molar-refractivity contribution < 1.29 is 0 Å². The molecule has 0 fully saturated rings. The van der Waals surface area contributed by atoms with E-state index >= 15 is 0 Å². The Morgan fingerprint density at radius 3 is 2.56 bits per heavy atom. The van der Waals surface area contributed by atoms with Gasteiger partial charge in [-0.1, -0.05) is 17.2 Å². The fourth-order valence-electron chi connectivity index (χ4n) is 1.62. The number of azide groups is 1. The van der Waals surface area contributed by atoms with Gasteiger partial charge in [-0.25, -0.2) is 0 Å². The largest absolute Gasteiger partial charge is 0.378 e. The van der Waals surface area contributed by atoms with Crippen molar-refractivity contribution >= 4 is 5.69 Å². The van der Waals surface area contributed by atoms with Crippen LogP contribution in [0.15, 0.2) is 29.4 Å². The van der Waals surface area contributed by atoms with Gasteiger partial charge in [0.2, 0.25) is 0 Å². The van der Waals surface area contributed by atoms with Gasteiger partial charge in [-0.3, -0.25) is 0 Å². The maximum Gasteiger partial charge on any atom is 0.0361 e. The minimum absolute atomic E-state index is 0.593. The Kier molecular flexibility index (Phi) is 6.69. The van der Waals surface area contributed by atoms with Gasteiger partial charge in [-0.15, -0.1) is 0 Å². The molecule has 1 rings (SSSR count). The summed E-state index contributed by atoms with van der Waals surface area (Å²) in [7, 11) is 4.08. The van der Waals surface area contributed by atoms with Crippen molar-refractivity contribution in [2.24, 2.45) is 5.11 Å². The second kappa shape index (κ2) is 8.39. The lowest BCUT2D eigenvalue weighted by Gasteiger charge is -2.12. The van der Waals surface area contributed by atoms with Gasteiger partial charge in [0.1, 0.15) is 0 Å². The molecule has 1 N–H and O–H groups in total. The molecule has 0 unspecified atom stereocenters. The van der Waals surface area contributed by atoms with Crippen LogP contribution in [0.4, 0.5) is 5.69 Å². The smallest absolute Gasteiger partial charge is 0.0361 e. The molecule has 0 amide bonds. The van der Waals surface area contributed by atoms with E-state index in [2.05, 4.69) is 44.5 Å². The number of benzene rings is 1. The molecule has 18 heavy (non-hydrogen) atoms. The maximum absolute atomic E-state index is 8.12. The Morgan fingerprint density at radius 2 is 1.94 bits per heavy atom. The molecule has 1 aromatic carbocycles. The molecule has 5 nitrogen and oxygen atoms in total. The maximum atomic E-state index is 8.12. The molecule has 0 saturated carbocycles. The fraction of sp³-hybridized carbons (Fsp3) is 0.538. The lowest BCUT2D eigenvalue weighted by atomic mass is 10.2. The van der Waals surface area contributed by atoms with E-state index in [1.54, 1.807) is 0 Å². The molecule has 0 saturated heterocycles. The Bertz CT molecular complexity index is 379. The zero-order chi connectivity index (χ0) is 13.2. The van der Waals surface area contributed by atoms with Gasteiger partial charge >= 0.3 is 0 Å². The predicted octanol–water partition coefficient (Wildman–Crippen LogP) is 2.93. The molecule has 1 aromatic rings. The van der Waals surface area contributed by atoms with E-state index in [1.165, 1.54) is 11.3 Å². The lowest BCUT2D eigenvalue weighted by molar-refractivity contribution is 0.627. The Hall–Kier alpha value is -1.71. The van der Waals surface area contributed by atoms with Crippen molar-refractivity contribution in [3.8, 4) is 0 Å². The lowest BCUT2D eigenvalue weighted by Crippen LogP contribution is -2.15. The highest BCUT2D eigenvalue weighted by atomic mass is 15.1. The molecule has 0 heterocycles. The molecule has 0 aliphatic rings. The highest BCUT2D eigenvalue weighted by molar-refractivity contribution is 5.45. The summed E-state index contributed by atoms with van der Waals surface area (Å²) < 4.78 is 0. The summed E-state index contributed by atoms with van der Waals surface area (Å²) in [5.41, 5.74) is 10.6. The summed E-state index contributed by atoms with van der Waals surface area (Å²) in [5, 5.41) is 6.88. The predicted molar refractivity (Wildman–Crippen MR) is 75.7 cm³/mol. The summed E-state index contributed by atoms with van der Waals surface area (Å²) in [6.45, 7) is 2.43. The van der Waals surface area contributed by atoms with E-state index in [0.29, 0.717) is 6.54 Å². The zero-order valence-corrected chi connectivity index (χ0v) is 11.1. The Morgan fingerprint density at radius 1 is 1.22 bits per heavy atom. The third-order valence-electron chi connectivity index (χ3n) is 2.71. The van der Waals surface area contributed by atoms with Crippen molar-refractivity contribution in [2.75, 3.05) is 32.1 Å². The average molecular weight is 247 g/mol. The normalized spacial score (nSPS) is 9.89. The third kappa shape index (κ3) is 5.57. The first kappa shape index (κ1) is 14.4. The zero-order valence-electron chi connectivity index (χ0n) is 11.1. The van der Waals surface area contributed by atoms with Gasteiger partial charge in [-0.05, 0) is 42.6 Å². The number of rotatable bonds is 8. The van der Waals surface area contributed by atoms with E-state index in [9.17, 15) is 0 Å². The van der Waals surface area contributed by atoms with Crippen LogP contribution in [0, 0.1) is 0 Å². The van der Waals surface area contributed by atoms with Gasteiger partial charge < -0.3 is 10.2 Å². The summed E-state index contributed by atoms with van der Waals surface area (Å²) in [6.07, 6.45) is 1.98. The first-order chi connectivity index (χ1) is 8.74. The van der Waals surface area contributed by atoms with Crippen LogP contribution in [0.1, 0.15) is 18.4 Å². The van der Waals surface area contributed by atoms with Crippen LogP contribution in [0.3, 0.4) is 0 Å². The van der Waals surface area contributed by atoms with Crippen molar-refractivity contribution in [2.45, 2.75) is 19.4 Å². The van der Waals surface area contributed by atoms with Crippen molar-refractivity contribution in [3.05, 3.63) is 40.3 Å². The summed E-state index contributed by atoms with van der Waals surface area (Å²) in [6, 6.07) is 8.53. The Balaban J connectivity index is 2.17. The van der Waals surface area contributed by atoms with Gasteiger partial charge in [0.05, 0.1) is 0 Å². The second-order valence-electron chi connectivity index (χ2n) is 4.40. The van der Waals surface area contributed by atoms with E-state index in [4.69, 9.17) is 5.53 Å². The minimum atomic E-state index is 0.593. The van der Waals surface area contributed by atoms with Crippen molar-refractivity contribution in [1.29, 1.82) is 0 Å². The topological polar surface area (TPSA) is 64.0 Å². The molecule has 5 heteroatoms. The Labute approximate surface area is 108 Å². The van der Waals surface area contributed by atoms with Crippen LogP contribution in [0.5, 0.6) is 0 Å². The molecule has 0 aliphatic carbocycles. The van der Waals surface area contributed by atoms with E-state index < -0.39 is 0 Å². The number of unbranched alkanes of at least 4 members (excludes halogenated alkanes) is 1. The van der Waals surface area contributed by atoms with Crippen LogP contribution >= 0.6 is 0 Å². The number of hydrogen-bond acceptors (Lipinski definition) is 3. The van der Waals surface area contributed by atoms with Crippen molar-refractivity contribution in [1.82, 2.24) is 5.32 Å². The molecule has 98 valence electrons. The molecule has 0 aliphatic heterocycles. The fourth-order valence-corrected chi connectivity index (χ4v) is 1.62. The highest BCUT2D eigenvalue weighted by Gasteiger charge is 1.96. The van der Waals surface area contributed by atoms with Gasteiger partial charge in [0.25, 0.3) is 0 Å². The molecule has 0 spiro atoms. The van der Waals surface area contributed by atoms with Crippen LogP contribution in [0.25, 0.3) is 10.4 Å². The number of anilines is 1. The standard InChI is InChI=1S/C13H21N5/c1-18(2)13-7-5-12(6-8-13)11-15-9-3-4-10-16-17-14/h5-8,15H,3-4,9-11H2,1-2H3. The molecule has 0 atom stereocenters. The molecule has 0 aromatic heterocycles. The van der Waals surface area contributed by atoms with Crippen LogP contribution in [-0.2, 0) is 6.54 Å². The first-order valence-electron chi connectivity index (χ1n) is 6.22. The quantitative estimate of drug-likeness (QED) is 0.332. The van der Waals surface area contributed by atoms with Crippen LogP contribution < -0.4 is 10.2 Å². The van der Waals surface area contributed by atoms with Crippen LogP contribution in [-0.4, -0.2) is 27.2 Å². The van der Waals surface area contributed by atoms with Gasteiger partial charge in [0.15, 0.2) is 0 Å².